The average molecular weight is 512 g/mol. The molecule has 1 aromatic rings. The number of nitrogens with zero attached hydrogens (tertiary/aromatic N) is 2. The van der Waals surface area contributed by atoms with Gasteiger partial charge >= 0.3 is 0 Å². The van der Waals surface area contributed by atoms with E-state index < -0.39 is 10.0 Å². The number of hydrogen-bond donors (Lipinski definition) is 3. The summed E-state index contributed by atoms with van der Waals surface area (Å²) >= 11 is 0. The molecule has 0 amide bonds. The molecule has 0 saturated carbocycles. The zero-order chi connectivity index (χ0) is 19.4. The van der Waals surface area contributed by atoms with Crippen LogP contribution >= 0.6 is 24.0 Å². The number of rotatable bonds is 11. The molecule has 0 aliphatic carbocycles. The molecule has 27 heavy (non-hydrogen) atoms. The van der Waals surface area contributed by atoms with E-state index in [0.29, 0.717) is 38.6 Å². The number of sulfonamides is 1. The van der Waals surface area contributed by atoms with Crippen LogP contribution in [0.25, 0.3) is 0 Å². The molecule has 0 aromatic heterocycles. The summed E-state index contributed by atoms with van der Waals surface area (Å²) in [7, 11) is -3.15. The lowest BCUT2D eigenvalue weighted by molar-refractivity contribution is 0.268. The number of aliphatic hydroxyl groups is 1. The van der Waals surface area contributed by atoms with Gasteiger partial charge in [-0.1, -0.05) is 37.3 Å². The quantitative estimate of drug-likeness (QED) is 0.181. The lowest BCUT2D eigenvalue weighted by Crippen LogP contribution is -2.39. The van der Waals surface area contributed by atoms with E-state index in [4.69, 9.17) is 0 Å². The van der Waals surface area contributed by atoms with Crippen LogP contribution < -0.4 is 10.6 Å². The van der Waals surface area contributed by atoms with Gasteiger partial charge < -0.3 is 15.7 Å². The van der Waals surface area contributed by atoms with E-state index in [9.17, 15) is 13.5 Å². The number of guanidine groups is 1. The third kappa shape index (κ3) is 10.3. The first-order chi connectivity index (χ1) is 12.4. The summed E-state index contributed by atoms with van der Waals surface area (Å²) in [5, 5.41) is 16.0. The van der Waals surface area contributed by atoms with Crippen molar-refractivity contribution in [2.75, 3.05) is 45.6 Å². The maximum absolute atomic E-state index is 11.6. The van der Waals surface area contributed by atoms with Gasteiger partial charge in [0, 0.05) is 32.1 Å². The lowest BCUT2D eigenvalue weighted by atomic mass is 10.0. The summed E-state index contributed by atoms with van der Waals surface area (Å²) in [5.41, 5.74) is 1.06. The van der Waals surface area contributed by atoms with Crippen molar-refractivity contribution in [1.82, 2.24) is 14.9 Å². The normalized spacial score (nSPS) is 13.1. The number of aliphatic imine (C=N–C) groups is 1. The molecule has 0 saturated heterocycles. The minimum Gasteiger partial charge on any atom is -0.396 e. The molecule has 0 heterocycles. The Morgan fingerprint density at radius 1 is 1.22 bits per heavy atom. The van der Waals surface area contributed by atoms with Gasteiger partial charge in [0.1, 0.15) is 0 Å². The first kappa shape index (κ1) is 26.1. The highest BCUT2D eigenvalue weighted by Gasteiger charge is 2.13. The Kier molecular flexibility index (Phi) is 13.7. The molecule has 1 atom stereocenters. The maximum Gasteiger partial charge on any atom is 0.211 e. The Bertz CT molecular complexity index is 641. The fraction of sp³-hybridized carbons (Fsp3) is 0.611. The molecule has 0 aliphatic heterocycles. The van der Waals surface area contributed by atoms with Crippen LogP contribution in [0.5, 0.6) is 0 Å². The van der Waals surface area contributed by atoms with Crippen LogP contribution in [0.4, 0.5) is 0 Å². The molecule has 0 bridgehead atoms. The minimum atomic E-state index is -3.15. The van der Waals surface area contributed by atoms with E-state index in [-0.39, 0.29) is 36.5 Å². The van der Waals surface area contributed by atoms with Gasteiger partial charge in [0.2, 0.25) is 10.0 Å². The molecule has 0 aliphatic rings. The van der Waals surface area contributed by atoms with Crippen molar-refractivity contribution in [2.45, 2.75) is 26.2 Å². The predicted molar refractivity (Wildman–Crippen MR) is 122 cm³/mol. The van der Waals surface area contributed by atoms with E-state index in [1.165, 1.54) is 10.6 Å². The molecule has 0 fully saturated rings. The maximum atomic E-state index is 11.6. The third-order valence-corrected chi connectivity index (χ3v) is 5.38. The number of halogens is 1. The van der Waals surface area contributed by atoms with Gasteiger partial charge in [0.05, 0.1) is 19.4 Å². The second-order valence-corrected chi connectivity index (χ2v) is 8.03. The number of benzene rings is 1. The zero-order valence-electron chi connectivity index (χ0n) is 16.4. The number of nitrogens with one attached hydrogen (secondary N) is 2. The Hall–Kier alpha value is -0.910. The Morgan fingerprint density at radius 2 is 1.89 bits per heavy atom. The van der Waals surface area contributed by atoms with Crippen LogP contribution in [0.15, 0.2) is 35.3 Å². The van der Waals surface area contributed by atoms with Crippen LogP contribution in [0.2, 0.25) is 0 Å². The summed E-state index contributed by atoms with van der Waals surface area (Å²) in [4.78, 5) is 4.55. The van der Waals surface area contributed by atoms with E-state index in [0.717, 1.165) is 12.1 Å². The SMILES string of the molecule is CCNC(=NCC(CO)c1ccccc1)NCCCN(CC)S(C)(=O)=O.I. The molecule has 3 N–H and O–H groups in total. The highest BCUT2D eigenvalue weighted by Crippen LogP contribution is 2.14. The number of hydrogen-bond acceptors (Lipinski definition) is 4. The summed E-state index contributed by atoms with van der Waals surface area (Å²) < 4.78 is 24.6. The molecule has 1 unspecified atom stereocenters. The first-order valence-corrected chi connectivity index (χ1v) is 10.9. The molecule has 0 radical (unpaired) electrons. The van der Waals surface area contributed by atoms with Gasteiger partial charge in [0.15, 0.2) is 5.96 Å². The van der Waals surface area contributed by atoms with Crippen molar-refractivity contribution in [1.29, 1.82) is 0 Å². The van der Waals surface area contributed by atoms with Crippen LogP contribution in [-0.2, 0) is 10.0 Å². The second-order valence-electron chi connectivity index (χ2n) is 6.04. The Balaban J connectivity index is 0.00000676. The fourth-order valence-corrected chi connectivity index (χ4v) is 3.49. The van der Waals surface area contributed by atoms with Crippen LogP contribution in [0, 0.1) is 0 Å². The lowest BCUT2D eigenvalue weighted by Gasteiger charge is -2.18. The van der Waals surface area contributed by atoms with Crippen LogP contribution in [0.1, 0.15) is 31.7 Å². The molecule has 0 spiro atoms. The second kappa shape index (κ2) is 14.1. The summed E-state index contributed by atoms with van der Waals surface area (Å²) in [5.74, 6) is 0.622. The smallest absolute Gasteiger partial charge is 0.211 e. The van der Waals surface area contributed by atoms with Gasteiger partial charge in [-0.15, -0.1) is 24.0 Å². The fourth-order valence-electron chi connectivity index (χ4n) is 2.56. The van der Waals surface area contributed by atoms with Crippen molar-refractivity contribution < 1.29 is 13.5 Å². The molecule has 1 aromatic carbocycles. The van der Waals surface area contributed by atoms with E-state index >= 15 is 0 Å². The van der Waals surface area contributed by atoms with Gasteiger partial charge in [-0.25, -0.2) is 12.7 Å². The summed E-state index contributed by atoms with van der Waals surface area (Å²) in [6.07, 6.45) is 1.92. The molecule has 9 heteroatoms. The average Bonchev–Trinajstić information content (AvgIpc) is 2.61. The van der Waals surface area contributed by atoms with Crippen molar-refractivity contribution in [3.05, 3.63) is 35.9 Å². The van der Waals surface area contributed by atoms with Gasteiger partial charge in [-0.2, -0.15) is 0 Å². The largest absolute Gasteiger partial charge is 0.396 e. The summed E-state index contributed by atoms with van der Waals surface area (Å²) in [6, 6.07) is 9.82. The molecule has 7 nitrogen and oxygen atoms in total. The highest BCUT2D eigenvalue weighted by atomic mass is 127. The first-order valence-electron chi connectivity index (χ1n) is 9.05. The molecular weight excluding hydrogens is 479 g/mol. The number of aliphatic hydroxyl groups excluding tert-OH is 1. The van der Waals surface area contributed by atoms with Gasteiger partial charge in [-0.05, 0) is 18.9 Å². The van der Waals surface area contributed by atoms with Crippen molar-refractivity contribution in [3.8, 4) is 0 Å². The van der Waals surface area contributed by atoms with Crippen molar-refractivity contribution >= 4 is 40.0 Å². The topological polar surface area (TPSA) is 94.0 Å². The van der Waals surface area contributed by atoms with Gasteiger partial charge in [-0.3, -0.25) is 4.99 Å². The Morgan fingerprint density at radius 3 is 2.41 bits per heavy atom. The van der Waals surface area contributed by atoms with E-state index in [1.807, 2.05) is 44.2 Å². The van der Waals surface area contributed by atoms with E-state index in [1.54, 1.807) is 0 Å². The van der Waals surface area contributed by atoms with Gasteiger partial charge in [0.25, 0.3) is 0 Å². The Labute approximate surface area is 180 Å². The summed E-state index contributed by atoms with van der Waals surface area (Å²) in [6.45, 7) is 6.62. The third-order valence-electron chi connectivity index (χ3n) is 4.00. The minimum absolute atomic E-state index is 0. The monoisotopic (exact) mass is 512 g/mol. The van der Waals surface area contributed by atoms with Crippen molar-refractivity contribution in [3.63, 3.8) is 0 Å². The highest BCUT2D eigenvalue weighted by molar-refractivity contribution is 14.0. The predicted octanol–water partition coefficient (Wildman–Crippen LogP) is 1.61. The van der Waals surface area contributed by atoms with E-state index in [2.05, 4.69) is 15.6 Å². The van der Waals surface area contributed by atoms with Crippen LogP contribution in [0.3, 0.4) is 0 Å². The molecular formula is C18H33IN4O3S. The molecule has 1 rings (SSSR count). The molecule has 156 valence electrons. The van der Waals surface area contributed by atoms with Crippen molar-refractivity contribution in [2.24, 2.45) is 4.99 Å². The zero-order valence-corrected chi connectivity index (χ0v) is 19.5. The van der Waals surface area contributed by atoms with Crippen LogP contribution in [-0.4, -0.2) is 69.4 Å². The standard InChI is InChI=1S/C18H32N4O3S.HI/c1-4-19-18(20-12-9-13-22(5-2)26(3,24)25)21-14-17(15-23)16-10-7-6-8-11-16;/h6-8,10-11,17,23H,4-5,9,12-15H2,1-3H3,(H2,19,20,21);1H.